The molecule has 0 fully saturated rings. The molecule has 0 unspecified atom stereocenters. The van der Waals surface area contributed by atoms with E-state index in [-0.39, 0.29) is 5.82 Å². The van der Waals surface area contributed by atoms with Crippen LogP contribution in [0.2, 0.25) is 0 Å². The molecule has 0 atom stereocenters. The van der Waals surface area contributed by atoms with Gasteiger partial charge in [-0.1, -0.05) is 6.07 Å². The standard InChI is InChI=1S/C12H12FN3/c13-10-4-1-8(2-5-10)11-6-3-9(7-14)12(15)16-11/h1-6H,7,14H2,(H2,15,16). The minimum Gasteiger partial charge on any atom is -0.383 e. The van der Waals surface area contributed by atoms with Crippen LogP contribution in [0, 0.1) is 5.82 Å². The van der Waals surface area contributed by atoms with Crippen molar-refractivity contribution in [1.29, 1.82) is 0 Å². The number of nitrogen functional groups attached to an aromatic ring is 1. The molecular formula is C12H12FN3. The molecule has 4 N–H and O–H groups in total. The Bertz CT molecular complexity index is 494. The SMILES string of the molecule is NCc1ccc(-c2ccc(F)cc2)nc1N. The summed E-state index contributed by atoms with van der Waals surface area (Å²) in [4.78, 5) is 4.22. The van der Waals surface area contributed by atoms with Gasteiger partial charge in [-0.2, -0.15) is 0 Å². The molecule has 0 aliphatic heterocycles. The number of aromatic nitrogens is 1. The number of rotatable bonds is 2. The largest absolute Gasteiger partial charge is 0.383 e. The van der Waals surface area contributed by atoms with Crippen molar-refractivity contribution in [3.63, 3.8) is 0 Å². The van der Waals surface area contributed by atoms with E-state index in [1.807, 2.05) is 12.1 Å². The second kappa shape index (κ2) is 4.28. The molecule has 0 amide bonds. The summed E-state index contributed by atoms with van der Waals surface area (Å²) in [5.41, 5.74) is 13.6. The van der Waals surface area contributed by atoms with Crippen molar-refractivity contribution in [3.05, 3.63) is 47.8 Å². The van der Waals surface area contributed by atoms with E-state index < -0.39 is 0 Å². The molecular weight excluding hydrogens is 205 g/mol. The molecule has 82 valence electrons. The molecule has 0 aliphatic carbocycles. The molecule has 16 heavy (non-hydrogen) atoms. The van der Waals surface area contributed by atoms with E-state index in [1.165, 1.54) is 12.1 Å². The maximum atomic E-state index is 12.7. The van der Waals surface area contributed by atoms with Crippen LogP contribution in [0.25, 0.3) is 11.3 Å². The monoisotopic (exact) mass is 217 g/mol. The Kier molecular flexibility index (Phi) is 2.83. The number of halogens is 1. The highest BCUT2D eigenvalue weighted by atomic mass is 19.1. The van der Waals surface area contributed by atoms with Crippen molar-refractivity contribution in [2.75, 3.05) is 5.73 Å². The van der Waals surface area contributed by atoms with Gasteiger partial charge in [0, 0.05) is 17.7 Å². The molecule has 0 spiro atoms. The molecule has 2 aromatic rings. The van der Waals surface area contributed by atoms with E-state index in [1.54, 1.807) is 12.1 Å². The van der Waals surface area contributed by atoms with Gasteiger partial charge in [-0.25, -0.2) is 9.37 Å². The molecule has 0 radical (unpaired) electrons. The van der Waals surface area contributed by atoms with Crippen LogP contribution < -0.4 is 11.5 Å². The lowest BCUT2D eigenvalue weighted by Crippen LogP contribution is -2.03. The van der Waals surface area contributed by atoms with Crippen molar-refractivity contribution in [3.8, 4) is 11.3 Å². The third-order valence-electron chi connectivity index (χ3n) is 2.37. The molecule has 4 heteroatoms. The topological polar surface area (TPSA) is 64.9 Å². The Hall–Kier alpha value is -1.94. The number of anilines is 1. The molecule has 0 bridgehead atoms. The highest BCUT2D eigenvalue weighted by Crippen LogP contribution is 2.20. The van der Waals surface area contributed by atoms with Gasteiger partial charge < -0.3 is 11.5 Å². The van der Waals surface area contributed by atoms with Crippen molar-refractivity contribution in [2.45, 2.75) is 6.54 Å². The Balaban J connectivity index is 2.41. The number of nitrogens with zero attached hydrogens (tertiary/aromatic N) is 1. The second-order valence-electron chi connectivity index (χ2n) is 3.45. The third kappa shape index (κ3) is 2.01. The highest BCUT2D eigenvalue weighted by molar-refractivity contribution is 5.61. The van der Waals surface area contributed by atoms with Crippen LogP contribution >= 0.6 is 0 Å². The number of hydrogen-bond acceptors (Lipinski definition) is 3. The Morgan fingerprint density at radius 1 is 1.06 bits per heavy atom. The van der Waals surface area contributed by atoms with Crippen LogP contribution in [0.15, 0.2) is 36.4 Å². The number of benzene rings is 1. The average molecular weight is 217 g/mol. The fourth-order valence-corrected chi connectivity index (χ4v) is 1.46. The van der Waals surface area contributed by atoms with Crippen molar-refractivity contribution in [2.24, 2.45) is 5.73 Å². The number of hydrogen-bond donors (Lipinski definition) is 2. The predicted molar refractivity (Wildman–Crippen MR) is 61.9 cm³/mol. The van der Waals surface area contributed by atoms with Crippen molar-refractivity contribution >= 4 is 5.82 Å². The minimum absolute atomic E-state index is 0.268. The zero-order valence-corrected chi connectivity index (χ0v) is 8.65. The lowest BCUT2D eigenvalue weighted by Gasteiger charge is -2.05. The zero-order chi connectivity index (χ0) is 11.5. The quantitative estimate of drug-likeness (QED) is 0.807. The zero-order valence-electron chi connectivity index (χ0n) is 8.65. The van der Waals surface area contributed by atoms with E-state index >= 15 is 0 Å². The molecule has 1 aromatic heterocycles. The van der Waals surface area contributed by atoms with Crippen LogP contribution in [-0.2, 0) is 6.54 Å². The lowest BCUT2D eigenvalue weighted by molar-refractivity contribution is 0.628. The van der Waals surface area contributed by atoms with Crippen molar-refractivity contribution < 1.29 is 4.39 Å². The first-order chi connectivity index (χ1) is 7.70. The molecule has 3 nitrogen and oxygen atoms in total. The summed E-state index contributed by atoms with van der Waals surface area (Å²) in [6.45, 7) is 0.364. The van der Waals surface area contributed by atoms with Crippen LogP contribution in [0.4, 0.5) is 10.2 Å². The second-order valence-corrected chi connectivity index (χ2v) is 3.45. The summed E-state index contributed by atoms with van der Waals surface area (Å²) in [5.74, 6) is 0.152. The average Bonchev–Trinajstić information content (AvgIpc) is 2.30. The van der Waals surface area contributed by atoms with E-state index in [2.05, 4.69) is 4.98 Å². The van der Waals surface area contributed by atoms with E-state index in [0.29, 0.717) is 12.4 Å². The van der Waals surface area contributed by atoms with Gasteiger partial charge in [-0.3, -0.25) is 0 Å². The first kappa shape index (κ1) is 10.6. The first-order valence-corrected chi connectivity index (χ1v) is 4.92. The maximum Gasteiger partial charge on any atom is 0.128 e. The summed E-state index contributed by atoms with van der Waals surface area (Å²) >= 11 is 0. The van der Waals surface area contributed by atoms with Gasteiger partial charge in [-0.15, -0.1) is 0 Å². The van der Waals surface area contributed by atoms with Crippen LogP contribution in [0.3, 0.4) is 0 Å². The van der Waals surface area contributed by atoms with Crippen LogP contribution in [-0.4, -0.2) is 4.98 Å². The fraction of sp³-hybridized carbons (Fsp3) is 0.0833. The molecule has 1 heterocycles. The Labute approximate surface area is 92.9 Å². The van der Waals surface area contributed by atoms with Crippen LogP contribution in [0.1, 0.15) is 5.56 Å². The molecule has 1 aromatic carbocycles. The molecule has 0 saturated heterocycles. The fourth-order valence-electron chi connectivity index (χ4n) is 1.46. The van der Waals surface area contributed by atoms with Crippen molar-refractivity contribution in [1.82, 2.24) is 4.98 Å². The van der Waals surface area contributed by atoms with Gasteiger partial charge in [-0.05, 0) is 30.3 Å². The Morgan fingerprint density at radius 2 is 1.75 bits per heavy atom. The van der Waals surface area contributed by atoms with Gasteiger partial charge in [0.15, 0.2) is 0 Å². The minimum atomic E-state index is -0.268. The van der Waals surface area contributed by atoms with Gasteiger partial charge in [0.25, 0.3) is 0 Å². The van der Waals surface area contributed by atoms with E-state index in [4.69, 9.17) is 11.5 Å². The smallest absolute Gasteiger partial charge is 0.128 e. The first-order valence-electron chi connectivity index (χ1n) is 4.92. The normalized spacial score (nSPS) is 10.4. The predicted octanol–water partition coefficient (Wildman–Crippen LogP) is 1.93. The van der Waals surface area contributed by atoms with Gasteiger partial charge in [0.2, 0.25) is 0 Å². The number of pyridine rings is 1. The van der Waals surface area contributed by atoms with E-state index in [0.717, 1.165) is 16.8 Å². The van der Waals surface area contributed by atoms with E-state index in [9.17, 15) is 4.39 Å². The summed E-state index contributed by atoms with van der Waals surface area (Å²) in [7, 11) is 0. The number of nitrogens with two attached hydrogens (primary N) is 2. The Morgan fingerprint density at radius 3 is 2.31 bits per heavy atom. The van der Waals surface area contributed by atoms with Gasteiger partial charge in [0.1, 0.15) is 11.6 Å². The van der Waals surface area contributed by atoms with Crippen LogP contribution in [0.5, 0.6) is 0 Å². The summed E-state index contributed by atoms with van der Waals surface area (Å²) in [5, 5.41) is 0. The molecule has 2 rings (SSSR count). The maximum absolute atomic E-state index is 12.7. The van der Waals surface area contributed by atoms with Gasteiger partial charge in [0.05, 0.1) is 5.69 Å². The lowest BCUT2D eigenvalue weighted by atomic mass is 10.1. The summed E-state index contributed by atoms with van der Waals surface area (Å²) in [6, 6.07) is 9.78. The van der Waals surface area contributed by atoms with Gasteiger partial charge >= 0.3 is 0 Å². The summed E-state index contributed by atoms with van der Waals surface area (Å²) in [6.07, 6.45) is 0. The molecule has 0 aliphatic rings. The summed E-state index contributed by atoms with van der Waals surface area (Å²) < 4.78 is 12.7. The third-order valence-corrected chi connectivity index (χ3v) is 2.37. The molecule has 0 saturated carbocycles. The highest BCUT2D eigenvalue weighted by Gasteiger charge is 2.03.